The maximum Gasteiger partial charge on any atom is 0.313 e. The number of nitrogen functional groups attached to an aromatic ring is 1. The predicted octanol–water partition coefficient (Wildman–Crippen LogP) is 1.40. The molecule has 0 aliphatic carbocycles. The van der Waals surface area contributed by atoms with Gasteiger partial charge in [0, 0.05) is 0 Å². The Labute approximate surface area is 113 Å². The number of aromatic nitrogens is 4. The zero-order valence-corrected chi connectivity index (χ0v) is 11.5. The monoisotopic (exact) mass is 282 g/mol. The Morgan fingerprint density at radius 3 is 2.58 bits per heavy atom. The minimum Gasteiger partial charge on any atom is -0.374 e. The molecular formula is C10H14N6O2S. The van der Waals surface area contributed by atoms with Crippen LogP contribution in [0.15, 0.2) is 0 Å². The maximum atomic E-state index is 11.1. The summed E-state index contributed by atoms with van der Waals surface area (Å²) in [6.07, 6.45) is 1.06. The first-order chi connectivity index (χ1) is 9.06. The van der Waals surface area contributed by atoms with Crippen molar-refractivity contribution in [2.75, 3.05) is 5.73 Å². The van der Waals surface area contributed by atoms with E-state index in [0.29, 0.717) is 40.9 Å². The highest BCUT2D eigenvalue weighted by Crippen LogP contribution is 2.25. The molecule has 0 aliphatic heterocycles. The smallest absolute Gasteiger partial charge is 0.313 e. The van der Waals surface area contributed by atoms with Crippen molar-refractivity contribution >= 4 is 22.2 Å². The van der Waals surface area contributed by atoms with Gasteiger partial charge in [-0.3, -0.25) is 14.8 Å². The third-order valence-corrected chi connectivity index (χ3v) is 3.46. The molecule has 8 nitrogen and oxygen atoms in total. The van der Waals surface area contributed by atoms with E-state index >= 15 is 0 Å². The fourth-order valence-corrected chi connectivity index (χ4v) is 2.52. The van der Waals surface area contributed by atoms with Gasteiger partial charge >= 0.3 is 5.69 Å². The van der Waals surface area contributed by atoms with Crippen molar-refractivity contribution in [2.45, 2.75) is 33.2 Å². The number of rotatable bonds is 5. The fraction of sp³-hybridized carbons (Fsp3) is 0.500. The van der Waals surface area contributed by atoms with Gasteiger partial charge in [0.1, 0.15) is 16.4 Å². The third-order valence-electron chi connectivity index (χ3n) is 2.72. The minimum atomic E-state index is -0.365. The number of nitro groups is 1. The minimum absolute atomic E-state index is 0.113. The molecule has 0 bridgehead atoms. The van der Waals surface area contributed by atoms with Gasteiger partial charge in [-0.1, -0.05) is 25.2 Å². The molecule has 0 atom stereocenters. The molecule has 0 saturated heterocycles. The van der Waals surface area contributed by atoms with Crippen LogP contribution in [-0.4, -0.2) is 24.9 Å². The molecule has 0 aromatic carbocycles. The Hall–Kier alpha value is -2.03. The van der Waals surface area contributed by atoms with Crippen LogP contribution in [0, 0.1) is 10.1 Å². The summed E-state index contributed by atoms with van der Waals surface area (Å²) in [7, 11) is 0. The van der Waals surface area contributed by atoms with Crippen LogP contribution in [0.4, 0.5) is 10.8 Å². The molecule has 0 fully saturated rings. The molecule has 0 unspecified atom stereocenters. The molecule has 0 saturated carbocycles. The van der Waals surface area contributed by atoms with E-state index in [9.17, 15) is 10.1 Å². The SMILES string of the molecule is CCc1nn(Cc2nnc(N)s2)c(CC)c1[N+](=O)[O-]. The van der Waals surface area contributed by atoms with Gasteiger partial charge in [0.25, 0.3) is 0 Å². The lowest BCUT2D eigenvalue weighted by Gasteiger charge is -2.01. The molecule has 2 heterocycles. The van der Waals surface area contributed by atoms with Gasteiger partial charge in [-0.05, 0) is 12.8 Å². The first kappa shape index (κ1) is 13.4. The van der Waals surface area contributed by atoms with E-state index in [4.69, 9.17) is 5.73 Å². The van der Waals surface area contributed by atoms with Crippen molar-refractivity contribution in [2.24, 2.45) is 0 Å². The highest BCUT2D eigenvalue weighted by molar-refractivity contribution is 7.15. The van der Waals surface area contributed by atoms with E-state index in [-0.39, 0.29) is 10.6 Å². The summed E-state index contributed by atoms with van der Waals surface area (Å²) in [5.74, 6) is 0. The second-order valence-corrected chi connectivity index (χ2v) is 4.99. The summed E-state index contributed by atoms with van der Waals surface area (Å²) in [6.45, 7) is 4.08. The third kappa shape index (κ3) is 2.55. The topological polar surface area (TPSA) is 113 Å². The number of aryl methyl sites for hydroxylation is 1. The van der Waals surface area contributed by atoms with Gasteiger partial charge in [-0.25, -0.2) is 0 Å². The summed E-state index contributed by atoms with van der Waals surface area (Å²) in [5.41, 5.74) is 6.74. The molecule has 102 valence electrons. The lowest BCUT2D eigenvalue weighted by molar-refractivity contribution is -0.386. The standard InChI is InChI=1S/C10H14N6O2S/c1-3-6-9(16(17)18)7(4-2)15(14-6)5-8-12-13-10(11)19-8/h3-5H2,1-2H3,(H2,11,13). The summed E-state index contributed by atoms with van der Waals surface area (Å²) < 4.78 is 1.62. The Bertz CT molecular complexity index is 605. The number of nitrogens with two attached hydrogens (primary N) is 1. The van der Waals surface area contributed by atoms with Crippen molar-refractivity contribution in [3.63, 3.8) is 0 Å². The normalized spacial score (nSPS) is 10.8. The van der Waals surface area contributed by atoms with Crippen LogP contribution in [0.3, 0.4) is 0 Å². The highest BCUT2D eigenvalue weighted by Gasteiger charge is 2.25. The van der Waals surface area contributed by atoms with Crippen molar-refractivity contribution in [3.05, 3.63) is 26.5 Å². The molecular weight excluding hydrogens is 268 g/mol. The molecule has 2 rings (SSSR count). The van der Waals surface area contributed by atoms with Crippen LogP contribution in [-0.2, 0) is 19.4 Å². The van der Waals surface area contributed by atoms with Crippen molar-refractivity contribution in [3.8, 4) is 0 Å². The van der Waals surface area contributed by atoms with Crippen LogP contribution in [0.25, 0.3) is 0 Å². The van der Waals surface area contributed by atoms with Gasteiger partial charge in [0.15, 0.2) is 0 Å². The first-order valence-electron chi connectivity index (χ1n) is 5.87. The molecule has 0 spiro atoms. The second kappa shape index (κ2) is 5.31. The average molecular weight is 282 g/mol. The molecule has 0 aliphatic rings. The number of anilines is 1. The van der Waals surface area contributed by atoms with E-state index < -0.39 is 0 Å². The van der Waals surface area contributed by atoms with E-state index in [1.54, 1.807) is 4.68 Å². The molecule has 9 heteroatoms. The Morgan fingerprint density at radius 1 is 1.37 bits per heavy atom. The van der Waals surface area contributed by atoms with Gasteiger partial charge in [0.05, 0.1) is 11.5 Å². The van der Waals surface area contributed by atoms with Gasteiger partial charge in [0.2, 0.25) is 5.13 Å². The van der Waals surface area contributed by atoms with Gasteiger partial charge in [-0.15, -0.1) is 10.2 Å². The van der Waals surface area contributed by atoms with Gasteiger partial charge in [-0.2, -0.15) is 5.10 Å². The molecule has 2 aromatic rings. The number of hydrogen-bond donors (Lipinski definition) is 1. The summed E-state index contributed by atoms with van der Waals surface area (Å²) in [6, 6.07) is 0. The van der Waals surface area contributed by atoms with E-state index in [1.165, 1.54) is 11.3 Å². The molecule has 19 heavy (non-hydrogen) atoms. The molecule has 0 amide bonds. The number of hydrogen-bond acceptors (Lipinski definition) is 7. The van der Waals surface area contributed by atoms with Crippen LogP contribution >= 0.6 is 11.3 Å². The Kier molecular flexibility index (Phi) is 3.74. The number of nitrogens with zero attached hydrogens (tertiary/aromatic N) is 5. The predicted molar refractivity (Wildman–Crippen MR) is 71.1 cm³/mol. The van der Waals surface area contributed by atoms with Crippen molar-refractivity contribution < 1.29 is 4.92 Å². The van der Waals surface area contributed by atoms with E-state index in [2.05, 4.69) is 15.3 Å². The van der Waals surface area contributed by atoms with E-state index in [0.717, 1.165) is 0 Å². The summed E-state index contributed by atoms with van der Waals surface area (Å²) in [5, 5.41) is 24.1. The quantitative estimate of drug-likeness (QED) is 0.655. The average Bonchev–Trinajstić information content (AvgIpc) is 2.93. The zero-order chi connectivity index (χ0) is 14.0. The molecule has 0 radical (unpaired) electrons. The van der Waals surface area contributed by atoms with Crippen molar-refractivity contribution in [1.29, 1.82) is 0 Å². The zero-order valence-electron chi connectivity index (χ0n) is 10.7. The largest absolute Gasteiger partial charge is 0.374 e. The second-order valence-electron chi connectivity index (χ2n) is 3.90. The molecule has 2 aromatic heterocycles. The lowest BCUT2D eigenvalue weighted by atomic mass is 10.2. The molecule has 2 N–H and O–H groups in total. The Balaban J connectivity index is 2.42. The van der Waals surface area contributed by atoms with Crippen LogP contribution < -0.4 is 5.73 Å². The fourth-order valence-electron chi connectivity index (χ4n) is 1.93. The van der Waals surface area contributed by atoms with Crippen LogP contribution in [0.5, 0.6) is 0 Å². The summed E-state index contributed by atoms with van der Waals surface area (Å²) >= 11 is 1.26. The maximum absolute atomic E-state index is 11.1. The van der Waals surface area contributed by atoms with E-state index in [1.807, 2.05) is 13.8 Å². The van der Waals surface area contributed by atoms with Crippen LogP contribution in [0.1, 0.15) is 30.2 Å². The Morgan fingerprint density at radius 2 is 2.11 bits per heavy atom. The lowest BCUT2D eigenvalue weighted by Crippen LogP contribution is -2.06. The summed E-state index contributed by atoms with van der Waals surface area (Å²) in [4.78, 5) is 10.8. The first-order valence-corrected chi connectivity index (χ1v) is 6.69. The van der Waals surface area contributed by atoms with Gasteiger partial charge < -0.3 is 5.73 Å². The van der Waals surface area contributed by atoms with Crippen LogP contribution in [0.2, 0.25) is 0 Å². The highest BCUT2D eigenvalue weighted by atomic mass is 32.1. The van der Waals surface area contributed by atoms with Crippen molar-refractivity contribution in [1.82, 2.24) is 20.0 Å².